The summed E-state index contributed by atoms with van der Waals surface area (Å²) >= 11 is 0. The smallest absolute Gasteiger partial charge is 0.254 e. The van der Waals surface area contributed by atoms with Crippen LogP contribution in [0, 0.1) is 12.8 Å². The van der Waals surface area contributed by atoms with Gasteiger partial charge in [-0.15, -0.1) is 0 Å². The van der Waals surface area contributed by atoms with E-state index >= 15 is 0 Å². The van der Waals surface area contributed by atoms with Crippen molar-refractivity contribution >= 4 is 11.8 Å². The second kappa shape index (κ2) is 8.90. The molecular formula is C25H30N2O3. The fraction of sp³-hybridized carbons (Fsp3) is 0.440. The molecule has 5 heteroatoms. The number of piperidine rings is 1. The summed E-state index contributed by atoms with van der Waals surface area (Å²) < 4.78 is 5.41. The van der Waals surface area contributed by atoms with E-state index in [1.807, 2.05) is 65.3 Å². The van der Waals surface area contributed by atoms with Crippen LogP contribution in [-0.2, 0) is 4.79 Å². The van der Waals surface area contributed by atoms with Gasteiger partial charge in [0.15, 0.2) is 0 Å². The maximum absolute atomic E-state index is 13.5. The minimum atomic E-state index is -0.219. The molecule has 0 spiro atoms. The first-order valence-corrected chi connectivity index (χ1v) is 10.9. The molecule has 2 unspecified atom stereocenters. The van der Waals surface area contributed by atoms with E-state index in [9.17, 15) is 9.59 Å². The number of nitrogens with zero attached hydrogens (tertiary/aromatic N) is 2. The van der Waals surface area contributed by atoms with Gasteiger partial charge in [0.05, 0.1) is 13.0 Å². The zero-order valence-electron chi connectivity index (χ0n) is 17.8. The van der Waals surface area contributed by atoms with Crippen molar-refractivity contribution in [3.63, 3.8) is 0 Å². The number of carbonyl (C=O) groups excluding carboxylic acids is 2. The number of likely N-dealkylation sites (tertiary alicyclic amines) is 2. The second-order valence-corrected chi connectivity index (χ2v) is 8.40. The molecule has 0 bridgehead atoms. The van der Waals surface area contributed by atoms with E-state index in [4.69, 9.17) is 4.74 Å². The highest BCUT2D eigenvalue weighted by Crippen LogP contribution is 2.36. The molecule has 2 amide bonds. The number of carbonyl (C=O) groups is 2. The Bertz CT molecular complexity index is 920. The minimum Gasteiger partial charge on any atom is -0.497 e. The SMILES string of the molecule is COc1cccc(C2CN(C(=O)c3ccccc3C)CC2C(=O)N2CCCCC2)c1. The van der Waals surface area contributed by atoms with Crippen LogP contribution in [0.5, 0.6) is 5.75 Å². The predicted octanol–water partition coefficient (Wildman–Crippen LogP) is 3.87. The zero-order chi connectivity index (χ0) is 21.1. The molecular weight excluding hydrogens is 376 g/mol. The van der Waals surface area contributed by atoms with Crippen molar-refractivity contribution < 1.29 is 14.3 Å². The number of hydrogen-bond donors (Lipinski definition) is 0. The van der Waals surface area contributed by atoms with Crippen LogP contribution in [0.25, 0.3) is 0 Å². The van der Waals surface area contributed by atoms with Gasteiger partial charge >= 0.3 is 0 Å². The van der Waals surface area contributed by atoms with Crippen molar-refractivity contribution in [3.05, 3.63) is 65.2 Å². The Balaban J connectivity index is 1.63. The lowest BCUT2D eigenvalue weighted by Crippen LogP contribution is -2.42. The molecule has 2 aromatic carbocycles. The minimum absolute atomic E-state index is 0.00920. The van der Waals surface area contributed by atoms with E-state index < -0.39 is 0 Å². The Morgan fingerprint density at radius 3 is 2.43 bits per heavy atom. The van der Waals surface area contributed by atoms with Crippen LogP contribution < -0.4 is 4.74 Å². The van der Waals surface area contributed by atoms with Crippen LogP contribution in [-0.4, -0.2) is 54.9 Å². The van der Waals surface area contributed by atoms with Crippen molar-refractivity contribution in [2.75, 3.05) is 33.3 Å². The number of amides is 2. The second-order valence-electron chi connectivity index (χ2n) is 8.40. The monoisotopic (exact) mass is 406 g/mol. The topological polar surface area (TPSA) is 49.9 Å². The van der Waals surface area contributed by atoms with Crippen LogP contribution in [0.4, 0.5) is 0 Å². The molecule has 2 atom stereocenters. The number of rotatable bonds is 4. The maximum Gasteiger partial charge on any atom is 0.254 e. The molecule has 2 saturated heterocycles. The van der Waals surface area contributed by atoms with Crippen molar-refractivity contribution in [2.45, 2.75) is 32.1 Å². The van der Waals surface area contributed by atoms with Gasteiger partial charge in [0.2, 0.25) is 5.91 Å². The molecule has 0 N–H and O–H groups in total. The summed E-state index contributed by atoms with van der Waals surface area (Å²) in [5, 5.41) is 0. The van der Waals surface area contributed by atoms with E-state index in [0.29, 0.717) is 18.7 Å². The van der Waals surface area contributed by atoms with Crippen LogP contribution >= 0.6 is 0 Å². The zero-order valence-corrected chi connectivity index (χ0v) is 17.8. The Morgan fingerprint density at radius 2 is 1.70 bits per heavy atom. The quantitative estimate of drug-likeness (QED) is 0.774. The van der Waals surface area contributed by atoms with Crippen molar-refractivity contribution in [3.8, 4) is 5.75 Å². The molecule has 0 saturated carbocycles. The van der Waals surface area contributed by atoms with Crippen LogP contribution in [0.3, 0.4) is 0 Å². The molecule has 2 aliphatic rings. The van der Waals surface area contributed by atoms with Gasteiger partial charge in [-0.3, -0.25) is 9.59 Å². The predicted molar refractivity (Wildman–Crippen MR) is 117 cm³/mol. The number of methoxy groups -OCH3 is 1. The molecule has 2 aliphatic heterocycles. The Labute approximate surface area is 178 Å². The molecule has 30 heavy (non-hydrogen) atoms. The summed E-state index contributed by atoms with van der Waals surface area (Å²) in [7, 11) is 1.65. The van der Waals surface area contributed by atoms with Crippen molar-refractivity contribution in [2.24, 2.45) is 5.92 Å². The number of hydrogen-bond acceptors (Lipinski definition) is 3. The molecule has 158 valence electrons. The first-order chi connectivity index (χ1) is 14.6. The summed E-state index contributed by atoms with van der Waals surface area (Å²) in [5.74, 6) is 0.726. The third kappa shape index (κ3) is 4.07. The summed E-state index contributed by atoms with van der Waals surface area (Å²) in [6, 6.07) is 15.6. The van der Waals surface area contributed by atoms with Gasteiger partial charge in [0, 0.05) is 37.7 Å². The van der Waals surface area contributed by atoms with Crippen LogP contribution in [0.15, 0.2) is 48.5 Å². The molecule has 4 rings (SSSR count). The van der Waals surface area contributed by atoms with Crippen LogP contribution in [0.2, 0.25) is 0 Å². The fourth-order valence-corrected chi connectivity index (χ4v) is 4.76. The van der Waals surface area contributed by atoms with Gasteiger partial charge in [0.1, 0.15) is 5.75 Å². The summed E-state index contributed by atoms with van der Waals surface area (Å²) in [6.45, 7) is 4.62. The first kappa shape index (κ1) is 20.5. The van der Waals surface area contributed by atoms with Gasteiger partial charge in [-0.05, 0) is 55.5 Å². The van der Waals surface area contributed by atoms with E-state index in [1.165, 1.54) is 6.42 Å². The van der Waals surface area contributed by atoms with Gasteiger partial charge < -0.3 is 14.5 Å². The highest BCUT2D eigenvalue weighted by molar-refractivity contribution is 5.96. The maximum atomic E-state index is 13.5. The normalized spacial score (nSPS) is 21.5. The lowest BCUT2D eigenvalue weighted by Gasteiger charge is -2.31. The average Bonchev–Trinajstić information content (AvgIpc) is 3.24. The molecule has 2 fully saturated rings. The summed E-state index contributed by atoms with van der Waals surface area (Å²) in [5.41, 5.74) is 2.74. The molecule has 0 aromatic heterocycles. The van der Waals surface area contributed by atoms with Gasteiger partial charge in [0.25, 0.3) is 5.91 Å². The number of ether oxygens (including phenoxy) is 1. The molecule has 0 radical (unpaired) electrons. The van der Waals surface area contributed by atoms with E-state index in [-0.39, 0.29) is 23.7 Å². The Hall–Kier alpha value is -2.82. The Kier molecular flexibility index (Phi) is 6.07. The summed E-state index contributed by atoms with van der Waals surface area (Å²) in [6.07, 6.45) is 3.31. The third-order valence-corrected chi connectivity index (χ3v) is 6.49. The molecule has 2 aromatic rings. The standard InChI is InChI=1S/C25H30N2O3/c1-18-9-4-5-12-21(18)24(28)27-16-22(19-10-8-11-20(15-19)30-2)23(17-27)25(29)26-13-6-3-7-14-26/h4-5,8-12,15,22-23H,3,6-7,13-14,16-17H2,1-2H3. The number of benzene rings is 2. The molecule has 2 heterocycles. The van der Waals surface area contributed by atoms with Gasteiger partial charge in [-0.2, -0.15) is 0 Å². The fourth-order valence-electron chi connectivity index (χ4n) is 4.76. The lowest BCUT2D eigenvalue weighted by atomic mass is 9.87. The first-order valence-electron chi connectivity index (χ1n) is 10.9. The van der Waals surface area contributed by atoms with E-state index in [0.717, 1.165) is 42.8 Å². The largest absolute Gasteiger partial charge is 0.497 e. The van der Waals surface area contributed by atoms with Crippen LogP contribution in [0.1, 0.15) is 46.7 Å². The highest BCUT2D eigenvalue weighted by Gasteiger charge is 2.42. The van der Waals surface area contributed by atoms with Crippen molar-refractivity contribution in [1.29, 1.82) is 0 Å². The molecule has 0 aliphatic carbocycles. The van der Waals surface area contributed by atoms with E-state index in [1.54, 1.807) is 7.11 Å². The summed E-state index contributed by atoms with van der Waals surface area (Å²) in [4.78, 5) is 30.6. The average molecular weight is 407 g/mol. The highest BCUT2D eigenvalue weighted by atomic mass is 16.5. The van der Waals surface area contributed by atoms with Gasteiger partial charge in [-0.25, -0.2) is 0 Å². The van der Waals surface area contributed by atoms with Gasteiger partial charge in [-0.1, -0.05) is 30.3 Å². The van der Waals surface area contributed by atoms with Crippen molar-refractivity contribution in [1.82, 2.24) is 9.80 Å². The number of aryl methyl sites for hydroxylation is 1. The van der Waals surface area contributed by atoms with E-state index in [2.05, 4.69) is 0 Å². The Morgan fingerprint density at radius 1 is 0.933 bits per heavy atom. The lowest BCUT2D eigenvalue weighted by molar-refractivity contribution is -0.136. The molecule has 5 nitrogen and oxygen atoms in total. The third-order valence-electron chi connectivity index (χ3n) is 6.49.